The molecule has 76 valence electrons. The second-order valence-electron chi connectivity index (χ2n) is 2.31. The molecule has 2 N–H and O–H groups in total. The first-order valence-corrected chi connectivity index (χ1v) is 6.01. The van der Waals surface area contributed by atoms with E-state index in [4.69, 9.17) is 9.79 Å². The van der Waals surface area contributed by atoms with E-state index in [0.717, 1.165) is 0 Å². The summed E-state index contributed by atoms with van der Waals surface area (Å²) < 4.78 is 4.49. The Balaban J connectivity index is 3.08. The van der Waals surface area contributed by atoms with Crippen LogP contribution in [0.3, 0.4) is 0 Å². The zero-order valence-electron chi connectivity index (χ0n) is 6.73. The smallest absolute Gasteiger partial charge is 0.375 e. The first-order valence-electron chi connectivity index (χ1n) is 3.39. The zero-order valence-corrected chi connectivity index (χ0v) is 8.44. The molecule has 0 unspecified atom stereocenters. The van der Waals surface area contributed by atoms with Gasteiger partial charge in [0.25, 0.3) is 0 Å². The van der Waals surface area contributed by atoms with E-state index in [1.807, 2.05) is 0 Å². The lowest BCUT2D eigenvalue weighted by atomic mass is 10.3. The van der Waals surface area contributed by atoms with Gasteiger partial charge in [-0.1, -0.05) is 12.1 Å². The number of hydrogen-bond donors (Lipinski definition) is 2. The third-order valence-electron chi connectivity index (χ3n) is 1.28. The van der Waals surface area contributed by atoms with Crippen LogP contribution in [-0.4, -0.2) is 14.7 Å². The summed E-state index contributed by atoms with van der Waals surface area (Å²) in [5.74, 6) is -0.245. The van der Waals surface area contributed by atoms with Crippen LogP contribution in [0.2, 0.25) is 0 Å². The van der Waals surface area contributed by atoms with Crippen LogP contribution in [0, 0.1) is 10.1 Å². The van der Waals surface area contributed by atoms with Gasteiger partial charge in [0.05, 0.1) is 4.92 Å². The van der Waals surface area contributed by atoms with Gasteiger partial charge in [0.15, 0.2) is 0 Å². The minimum absolute atomic E-state index is 0.245. The number of nitrogens with zero attached hydrogens (tertiary/aromatic N) is 1. The van der Waals surface area contributed by atoms with Gasteiger partial charge in [-0.2, -0.15) is 0 Å². The highest BCUT2D eigenvalue weighted by atomic mass is 32.5. The van der Waals surface area contributed by atoms with Gasteiger partial charge in [-0.15, -0.1) is 0 Å². The van der Waals surface area contributed by atoms with Crippen molar-refractivity contribution in [2.24, 2.45) is 0 Å². The normalized spacial score (nSPS) is 11.0. The number of benzene rings is 1. The van der Waals surface area contributed by atoms with Crippen LogP contribution in [0.15, 0.2) is 24.3 Å². The molecule has 0 aliphatic heterocycles. The average molecular weight is 235 g/mol. The Bertz CT molecular complexity index is 403. The largest absolute Gasteiger partial charge is 0.417 e. The van der Waals surface area contributed by atoms with Gasteiger partial charge in [0.2, 0.25) is 5.75 Å². The van der Waals surface area contributed by atoms with Gasteiger partial charge >= 0.3 is 12.4 Å². The predicted octanol–water partition coefficient (Wildman–Crippen LogP) is 1.18. The molecule has 6 nitrogen and oxygen atoms in total. The van der Waals surface area contributed by atoms with Crippen molar-refractivity contribution in [3.05, 3.63) is 34.4 Å². The second-order valence-corrected chi connectivity index (χ2v) is 4.90. The number of nitro benzene ring substituents is 1. The van der Waals surface area contributed by atoms with E-state index in [-0.39, 0.29) is 11.4 Å². The molecule has 8 heteroatoms. The molecule has 0 amide bonds. The first kappa shape index (κ1) is 11.1. The molecule has 1 aromatic carbocycles. The first-order chi connectivity index (χ1) is 6.40. The van der Waals surface area contributed by atoms with Crippen LogP contribution < -0.4 is 4.52 Å². The second kappa shape index (κ2) is 4.02. The standard InChI is InChI=1S/C6H6NO5PS/c8-7(9)5-3-1-2-4-6(5)12-13(10,11)14/h1-4H,(H2,10,11,14). The summed E-state index contributed by atoms with van der Waals surface area (Å²) in [5, 5.41) is 10.4. The molecule has 0 aliphatic carbocycles. The quantitative estimate of drug-likeness (QED) is 0.464. The van der Waals surface area contributed by atoms with E-state index in [2.05, 4.69) is 16.3 Å². The van der Waals surface area contributed by atoms with E-state index >= 15 is 0 Å². The fraction of sp³-hybridized carbons (Fsp3) is 0. The van der Waals surface area contributed by atoms with E-state index in [0.29, 0.717) is 0 Å². The maximum absolute atomic E-state index is 10.4. The predicted molar refractivity (Wildman–Crippen MR) is 52.4 cm³/mol. The highest BCUT2D eigenvalue weighted by Crippen LogP contribution is 2.41. The van der Waals surface area contributed by atoms with Crippen molar-refractivity contribution in [1.29, 1.82) is 0 Å². The summed E-state index contributed by atoms with van der Waals surface area (Å²) in [6.07, 6.45) is 0. The Morgan fingerprint density at radius 2 is 2.00 bits per heavy atom. The van der Waals surface area contributed by atoms with Crippen molar-refractivity contribution in [1.82, 2.24) is 0 Å². The maximum atomic E-state index is 10.4. The van der Waals surface area contributed by atoms with E-state index in [9.17, 15) is 10.1 Å². The topological polar surface area (TPSA) is 92.8 Å². The highest BCUT2D eigenvalue weighted by Gasteiger charge is 2.19. The molecule has 0 atom stereocenters. The lowest BCUT2D eigenvalue weighted by Gasteiger charge is -2.09. The molecule has 0 aliphatic rings. The van der Waals surface area contributed by atoms with Gasteiger partial charge in [-0.25, -0.2) is 0 Å². The Morgan fingerprint density at radius 3 is 2.50 bits per heavy atom. The molecule has 0 aromatic heterocycles. The molecule has 14 heavy (non-hydrogen) atoms. The van der Waals surface area contributed by atoms with Gasteiger partial charge in [0, 0.05) is 17.9 Å². The third-order valence-corrected chi connectivity index (χ3v) is 1.94. The monoisotopic (exact) mass is 235 g/mol. The van der Waals surface area contributed by atoms with Gasteiger partial charge in [-0.05, 0) is 6.07 Å². The molecule has 1 rings (SSSR count). The van der Waals surface area contributed by atoms with Crippen molar-refractivity contribution in [3.8, 4) is 5.75 Å². The molecule has 0 saturated carbocycles. The van der Waals surface area contributed by atoms with Crippen molar-refractivity contribution in [2.75, 3.05) is 0 Å². The number of para-hydroxylation sites is 2. The number of rotatable bonds is 3. The number of nitro groups is 1. The van der Waals surface area contributed by atoms with Crippen LogP contribution in [0.1, 0.15) is 0 Å². The number of hydrogen-bond acceptors (Lipinski definition) is 4. The maximum Gasteiger partial charge on any atom is 0.375 e. The summed E-state index contributed by atoms with van der Waals surface area (Å²) in [6, 6.07) is 5.32. The molecule has 0 saturated heterocycles. The summed E-state index contributed by atoms with van der Waals surface area (Å²) >= 11 is 4.19. The fourth-order valence-electron chi connectivity index (χ4n) is 0.813. The molecular formula is C6H6NO5PS. The molecule has 0 spiro atoms. The van der Waals surface area contributed by atoms with Crippen molar-refractivity contribution < 1.29 is 19.2 Å². The summed E-state index contributed by atoms with van der Waals surface area (Å²) in [5.41, 5.74) is -0.357. The Morgan fingerprint density at radius 1 is 1.43 bits per heavy atom. The van der Waals surface area contributed by atoms with Gasteiger partial charge < -0.3 is 14.3 Å². The molecule has 0 heterocycles. The Kier molecular flexibility index (Phi) is 3.17. The minimum Gasteiger partial charge on any atom is -0.417 e. The van der Waals surface area contributed by atoms with E-state index < -0.39 is 11.6 Å². The molecule has 0 radical (unpaired) electrons. The Labute approximate surface area is 84.2 Å². The fourth-order valence-corrected chi connectivity index (χ4v) is 1.46. The van der Waals surface area contributed by atoms with Crippen LogP contribution >= 0.6 is 6.72 Å². The third kappa shape index (κ3) is 3.04. The van der Waals surface area contributed by atoms with Crippen molar-refractivity contribution in [2.45, 2.75) is 0 Å². The lowest BCUT2D eigenvalue weighted by Crippen LogP contribution is -1.95. The average Bonchev–Trinajstić information content (AvgIpc) is 2.01. The van der Waals surface area contributed by atoms with Gasteiger partial charge in [0.1, 0.15) is 0 Å². The SMILES string of the molecule is O=[N+]([O-])c1ccccc1OP(O)(O)=S. The highest BCUT2D eigenvalue weighted by molar-refractivity contribution is 8.06. The van der Waals surface area contributed by atoms with Crippen molar-refractivity contribution in [3.63, 3.8) is 0 Å². The summed E-state index contributed by atoms with van der Waals surface area (Å²) in [7, 11) is 0. The molecule has 1 aromatic rings. The summed E-state index contributed by atoms with van der Waals surface area (Å²) in [4.78, 5) is 27.4. The molecule has 0 bridgehead atoms. The van der Waals surface area contributed by atoms with Crippen LogP contribution in [0.25, 0.3) is 0 Å². The van der Waals surface area contributed by atoms with Gasteiger partial charge in [-0.3, -0.25) is 10.1 Å². The molecule has 0 fully saturated rings. The van der Waals surface area contributed by atoms with Crippen LogP contribution in [0.5, 0.6) is 5.75 Å². The summed E-state index contributed by atoms with van der Waals surface area (Å²) in [6.45, 7) is -3.93. The molecular weight excluding hydrogens is 229 g/mol. The van der Waals surface area contributed by atoms with E-state index in [1.165, 1.54) is 24.3 Å². The van der Waals surface area contributed by atoms with Crippen LogP contribution in [-0.2, 0) is 11.8 Å². The minimum atomic E-state index is -3.93. The Hall–Kier alpha value is -1.01. The zero-order chi connectivity index (χ0) is 10.8. The lowest BCUT2D eigenvalue weighted by molar-refractivity contribution is -0.385. The van der Waals surface area contributed by atoms with Crippen LogP contribution in [0.4, 0.5) is 5.69 Å². The van der Waals surface area contributed by atoms with E-state index in [1.54, 1.807) is 0 Å². The van der Waals surface area contributed by atoms with Crippen molar-refractivity contribution >= 4 is 24.2 Å².